The first-order valence-electron chi connectivity index (χ1n) is 9.83. The number of piperazine rings is 1. The normalized spacial score (nSPS) is 18.8. The van der Waals surface area contributed by atoms with Crippen molar-refractivity contribution in [2.24, 2.45) is 0 Å². The van der Waals surface area contributed by atoms with E-state index in [1.54, 1.807) is 23.7 Å². The molecule has 0 radical (unpaired) electrons. The highest BCUT2D eigenvalue weighted by molar-refractivity contribution is 7.16. The smallest absolute Gasteiger partial charge is 0.135 e. The lowest BCUT2D eigenvalue weighted by Crippen LogP contribution is -2.52. The first-order chi connectivity index (χ1) is 13.6. The number of likely N-dealkylation sites (N-methyl/N-ethyl adjacent to an activating group) is 1. The van der Waals surface area contributed by atoms with E-state index in [0.29, 0.717) is 11.3 Å². The van der Waals surface area contributed by atoms with Crippen LogP contribution in [-0.4, -0.2) is 60.7 Å². The molecule has 0 aromatic carbocycles. The van der Waals surface area contributed by atoms with Gasteiger partial charge in [-0.05, 0) is 39.4 Å². The maximum atomic E-state index is 14.6. The van der Waals surface area contributed by atoms with Gasteiger partial charge < -0.3 is 15.0 Å². The Balaban J connectivity index is 0.00000240. The summed E-state index contributed by atoms with van der Waals surface area (Å²) in [5.74, 6) is -0.246. The monoisotopic (exact) mass is 438 g/mol. The first-order valence-corrected chi connectivity index (χ1v) is 10.7. The largest absolute Gasteiger partial charge is 0.382 e. The van der Waals surface area contributed by atoms with E-state index in [1.165, 1.54) is 10.9 Å². The molecule has 4 rings (SSSR count). The molecule has 1 N–H and O–H groups in total. The summed E-state index contributed by atoms with van der Waals surface area (Å²) in [6.07, 6.45) is 4.30. The van der Waals surface area contributed by atoms with Gasteiger partial charge in [-0.3, -0.25) is 9.88 Å². The predicted molar refractivity (Wildman–Crippen MR) is 119 cm³/mol. The molecule has 29 heavy (non-hydrogen) atoms. The van der Waals surface area contributed by atoms with Crippen molar-refractivity contribution in [2.45, 2.75) is 26.3 Å². The Kier molecular flexibility index (Phi) is 7.16. The molecule has 0 spiro atoms. The Bertz CT molecular complexity index is 980. The second kappa shape index (κ2) is 9.43. The average Bonchev–Trinajstić information content (AvgIpc) is 2.96. The third-order valence-corrected chi connectivity index (χ3v) is 6.49. The van der Waals surface area contributed by atoms with Crippen LogP contribution in [0.5, 0.6) is 0 Å². The van der Waals surface area contributed by atoms with Crippen molar-refractivity contribution in [1.29, 1.82) is 0 Å². The molecule has 2 aliphatic rings. The van der Waals surface area contributed by atoms with Gasteiger partial charge in [-0.25, -0.2) is 4.39 Å². The molecule has 1 atom stereocenters. The lowest BCUT2D eigenvalue weighted by molar-refractivity contribution is 0.0812. The Morgan fingerprint density at radius 1 is 1.38 bits per heavy atom. The van der Waals surface area contributed by atoms with Gasteiger partial charge in [-0.1, -0.05) is 0 Å². The number of aryl methyl sites for hydroxylation is 1. The molecule has 1 unspecified atom stereocenters. The summed E-state index contributed by atoms with van der Waals surface area (Å²) in [7, 11) is 2.17. The third-order valence-electron chi connectivity index (χ3n) is 5.51. The number of halogens is 2. The van der Waals surface area contributed by atoms with Crippen LogP contribution < -0.4 is 15.9 Å². The number of nitrogens with one attached hydrogen (secondary N) is 1. The van der Waals surface area contributed by atoms with Crippen molar-refractivity contribution >= 4 is 40.6 Å². The molecule has 8 heteroatoms. The number of pyridine rings is 1. The van der Waals surface area contributed by atoms with Crippen molar-refractivity contribution in [1.82, 2.24) is 14.8 Å². The van der Waals surface area contributed by atoms with E-state index in [4.69, 9.17) is 4.74 Å². The second-order valence-corrected chi connectivity index (χ2v) is 8.61. The molecular weight excluding hydrogens is 411 g/mol. The Morgan fingerprint density at radius 2 is 2.21 bits per heavy atom. The van der Waals surface area contributed by atoms with Crippen molar-refractivity contribution in [3.63, 3.8) is 0 Å². The number of rotatable bonds is 5. The molecular formula is C21H28ClFN4OS. The number of fused-ring (bicyclic) bond motifs is 2. The topological polar surface area (TPSA) is 40.6 Å². The number of aromatic nitrogens is 1. The minimum Gasteiger partial charge on any atom is -0.382 e. The summed E-state index contributed by atoms with van der Waals surface area (Å²) < 4.78 is 20.2. The van der Waals surface area contributed by atoms with Crippen LogP contribution in [0.1, 0.15) is 23.8 Å². The van der Waals surface area contributed by atoms with Gasteiger partial charge >= 0.3 is 0 Å². The summed E-state index contributed by atoms with van der Waals surface area (Å²) in [6, 6.07) is 4.01. The summed E-state index contributed by atoms with van der Waals surface area (Å²) in [5.41, 5.74) is 2.15. The van der Waals surface area contributed by atoms with E-state index in [2.05, 4.69) is 40.1 Å². The molecule has 0 saturated carbocycles. The van der Waals surface area contributed by atoms with Gasteiger partial charge in [0.2, 0.25) is 0 Å². The van der Waals surface area contributed by atoms with Gasteiger partial charge in [-0.15, -0.1) is 23.7 Å². The number of anilines is 1. The number of thiophene rings is 1. The van der Waals surface area contributed by atoms with Gasteiger partial charge in [0, 0.05) is 61.7 Å². The minimum atomic E-state index is -0.246. The van der Waals surface area contributed by atoms with E-state index in [1.807, 2.05) is 6.92 Å². The van der Waals surface area contributed by atoms with Crippen LogP contribution in [0.3, 0.4) is 0 Å². The van der Waals surface area contributed by atoms with E-state index >= 15 is 0 Å². The molecule has 0 amide bonds. The fourth-order valence-electron chi connectivity index (χ4n) is 3.98. The van der Waals surface area contributed by atoms with E-state index in [9.17, 15) is 4.39 Å². The summed E-state index contributed by atoms with van der Waals surface area (Å²) >= 11 is 1.70. The van der Waals surface area contributed by atoms with Crippen molar-refractivity contribution < 1.29 is 9.13 Å². The average molecular weight is 439 g/mol. The summed E-state index contributed by atoms with van der Waals surface area (Å²) in [5, 5.41) is 5.61. The predicted octanol–water partition coefficient (Wildman–Crippen LogP) is 2.38. The number of ether oxygens (including phenoxy) is 1. The van der Waals surface area contributed by atoms with Crippen molar-refractivity contribution in [3.8, 4) is 0 Å². The maximum absolute atomic E-state index is 14.6. The molecule has 2 aromatic rings. The molecule has 1 fully saturated rings. The van der Waals surface area contributed by atoms with Gasteiger partial charge in [0.1, 0.15) is 10.8 Å². The van der Waals surface area contributed by atoms with Crippen LogP contribution in [-0.2, 0) is 4.74 Å². The minimum absolute atomic E-state index is 0. The van der Waals surface area contributed by atoms with Crippen molar-refractivity contribution in [3.05, 3.63) is 45.2 Å². The van der Waals surface area contributed by atoms with Crippen LogP contribution in [0, 0.1) is 12.7 Å². The second-order valence-electron chi connectivity index (χ2n) is 7.36. The van der Waals surface area contributed by atoms with Crippen LogP contribution in [0.4, 0.5) is 9.39 Å². The lowest BCUT2D eigenvalue weighted by atomic mass is 10.1. The molecule has 158 valence electrons. The van der Waals surface area contributed by atoms with Crippen molar-refractivity contribution in [2.75, 3.05) is 45.2 Å². The third kappa shape index (κ3) is 4.43. The zero-order valence-electron chi connectivity index (χ0n) is 17.1. The number of hydrogen-bond donors (Lipinski definition) is 1. The fraction of sp³-hybridized carbons (Fsp3) is 0.476. The highest BCUT2D eigenvalue weighted by Crippen LogP contribution is 2.34. The van der Waals surface area contributed by atoms with Crippen LogP contribution in [0.15, 0.2) is 18.3 Å². The van der Waals surface area contributed by atoms with Gasteiger partial charge in [-0.2, -0.15) is 0 Å². The molecule has 2 aromatic heterocycles. The SMILES string of the molecule is CCOCCC1CN(C2=c3nccc(F)c3=CNc3sc(C)cc32)CCN1C.Cl. The lowest BCUT2D eigenvalue weighted by Gasteiger charge is -2.41. The van der Waals surface area contributed by atoms with E-state index in [0.717, 1.165) is 60.9 Å². The highest BCUT2D eigenvalue weighted by atomic mass is 35.5. The summed E-state index contributed by atoms with van der Waals surface area (Å²) in [4.78, 5) is 10.6. The highest BCUT2D eigenvalue weighted by Gasteiger charge is 2.29. The Labute approximate surface area is 181 Å². The number of hydrogen-bond acceptors (Lipinski definition) is 6. The molecule has 2 aliphatic heterocycles. The fourth-order valence-corrected chi connectivity index (χ4v) is 4.87. The zero-order valence-corrected chi connectivity index (χ0v) is 18.7. The maximum Gasteiger partial charge on any atom is 0.135 e. The standard InChI is InChI=1S/C21H27FN4OS.ClH/c1-4-27-10-6-15-13-26(9-8-25(15)3)20-16-11-14(2)28-21(16)24-12-17-18(22)5-7-23-19(17)20;/h5,7,11-12,15,24H,4,6,8-10,13H2,1-3H3;1H. The molecule has 1 saturated heterocycles. The Hall–Kier alpha value is -1.67. The first kappa shape index (κ1) is 22.0. The molecule has 5 nitrogen and oxygen atoms in total. The quantitative estimate of drug-likeness (QED) is 0.726. The van der Waals surface area contributed by atoms with Crippen LogP contribution in [0.25, 0.3) is 11.9 Å². The Morgan fingerprint density at radius 3 is 3.00 bits per heavy atom. The molecule has 0 bridgehead atoms. The van der Waals surface area contributed by atoms with Crippen LogP contribution >= 0.6 is 23.7 Å². The van der Waals surface area contributed by atoms with Crippen LogP contribution in [0.2, 0.25) is 0 Å². The number of nitrogens with zero attached hydrogens (tertiary/aromatic N) is 3. The van der Waals surface area contributed by atoms with Gasteiger partial charge in [0.15, 0.2) is 0 Å². The van der Waals surface area contributed by atoms with Gasteiger partial charge in [0.05, 0.1) is 16.3 Å². The molecule has 0 aliphatic carbocycles. The molecule has 4 heterocycles. The van der Waals surface area contributed by atoms with Gasteiger partial charge in [0.25, 0.3) is 0 Å². The van der Waals surface area contributed by atoms with E-state index < -0.39 is 0 Å². The zero-order chi connectivity index (χ0) is 19.7. The summed E-state index contributed by atoms with van der Waals surface area (Å²) in [6.45, 7) is 8.37. The van der Waals surface area contributed by atoms with E-state index in [-0.39, 0.29) is 18.2 Å².